The van der Waals surface area contributed by atoms with Gasteiger partial charge in [0.25, 0.3) is 0 Å². The van der Waals surface area contributed by atoms with Crippen LogP contribution in [0.4, 0.5) is 4.79 Å². The lowest BCUT2D eigenvalue weighted by atomic mass is 9.75. The maximum atomic E-state index is 12.7. The second-order valence-corrected chi connectivity index (χ2v) is 8.99. The smallest absolute Gasteiger partial charge is 0.410 e. The zero-order valence-electron chi connectivity index (χ0n) is 15.8. The molecular formula is C19H32N2O4. The van der Waals surface area contributed by atoms with E-state index in [1.165, 1.54) is 0 Å². The van der Waals surface area contributed by atoms with Crippen molar-refractivity contribution in [3.63, 3.8) is 0 Å². The molecule has 0 aromatic rings. The van der Waals surface area contributed by atoms with Gasteiger partial charge in [0, 0.05) is 38.0 Å². The van der Waals surface area contributed by atoms with E-state index >= 15 is 0 Å². The number of aliphatic hydroxyl groups is 1. The number of hydrogen-bond donors (Lipinski definition) is 1. The normalized spacial score (nSPS) is 31.0. The van der Waals surface area contributed by atoms with Crippen molar-refractivity contribution in [3.8, 4) is 0 Å². The Morgan fingerprint density at radius 3 is 2.20 bits per heavy atom. The van der Waals surface area contributed by atoms with Crippen molar-refractivity contribution >= 4 is 12.0 Å². The summed E-state index contributed by atoms with van der Waals surface area (Å²) in [5.41, 5.74) is -1.28. The lowest BCUT2D eigenvalue weighted by molar-refractivity contribution is -0.149. The van der Waals surface area contributed by atoms with Crippen molar-refractivity contribution in [3.05, 3.63) is 0 Å². The average molecular weight is 352 g/mol. The summed E-state index contributed by atoms with van der Waals surface area (Å²) in [5.74, 6) is 0.318. The number of likely N-dealkylation sites (tertiary alicyclic amines) is 2. The Kier molecular flexibility index (Phi) is 5.02. The first-order chi connectivity index (χ1) is 11.7. The second kappa shape index (κ2) is 6.78. The van der Waals surface area contributed by atoms with Gasteiger partial charge < -0.3 is 19.6 Å². The molecule has 2 heterocycles. The van der Waals surface area contributed by atoms with E-state index in [1.807, 2.05) is 25.7 Å². The molecule has 142 valence electrons. The third-order valence-corrected chi connectivity index (χ3v) is 5.94. The summed E-state index contributed by atoms with van der Waals surface area (Å²) in [6.45, 7) is 7.72. The summed E-state index contributed by atoms with van der Waals surface area (Å²) in [5, 5.41) is 11.0. The molecule has 0 bridgehead atoms. The van der Waals surface area contributed by atoms with Gasteiger partial charge in [0.05, 0.1) is 5.60 Å². The van der Waals surface area contributed by atoms with E-state index in [0.717, 1.165) is 25.7 Å². The maximum absolute atomic E-state index is 12.7. The number of piperidine rings is 2. The van der Waals surface area contributed by atoms with Crippen molar-refractivity contribution in [1.29, 1.82) is 0 Å². The van der Waals surface area contributed by atoms with Crippen molar-refractivity contribution in [2.24, 2.45) is 11.8 Å². The molecule has 0 spiro atoms. The van der Waals surface area contributed by atoms with Gasteiger partial charge in [0.15, 0.2) is 0 Å². The first-order valence-corrected chi connectivity index (χ1v) is 9.67. The van der Waals surface area contributed by atoms with Crippen LogP contribution in [-0.4, -0.2) is 64.3 Å². The lowest BCUT2D eigenvalue weighted by Gasteiger charge is -2.50. The van der Waals surface area contributed by atoms with Crippen LogP contribution in [0.25, 0.3) is 0 Å². The van der Waals surface area contributed by atoms with Crippen LogP contribution in [-0.2, 0) is 9.53 Å². The van der Waals surface area contributed by atoms with Gasteiger partial charge in [-0.2, -0.15) is 0 Å². The summed E-state index contributed by atoms with van der Waals surface area (Å²) in [7, 11) is 0. The highest BCUT2D eigenvalue weighted by Gasteiger charge is 2.47. The second-order valence-electron chi connectivity index (χ2n) is 8.99. The van der Waals surface area contributed by atoms with Gasteiger partial charge in [0.2, 0.25) is 5.91 Å². The number of hydrogen-bond acceptors (Lipinski definition) is 4. The van der Waals surface area contributed by atoms with E-state index in [-0.39, 0.29) is 23.8 Å². The van der Waals surface area contributed by atoms with Gasteiger partial charge >= 0.3 is 6.09 Å². The summed E-state index contributed by atoms with van der Waals surface area (Å²) in [4.78, 5) is 28.7. The Bertz CT molecular complexity index is 524. The van der Waals surface area contributed by atoms with Gasteiger partial charge in [-0.15, -0.1) is 0 Å². The van der Waals surface area contributed by atoms with Crippen LogP contribution >= 0.6 is 0 Å². The SMILES string of the molecule is CC(C)(C)OC(=O)N1CC[C@@]2(O)CCN(C(=O)C3CCCC3)C[C@@H]2C1. The lowest BCUT2D eigenvalue weighted by Crippen LogP contribution is -2.62. The molecule has 2 aliphatic heterocycles. The molecule has 25 heavy (non-hydrogen) atoms. The number of rotatable bonds is 1. The van der Waals surface area contributed by atoms with E-state index in [0.29, 0.717) is 39.0 Å². The highest BCUT2D eigenvalue weighted by Crippen LogP contribution is 2.37. The topological polar surface area (TPSA) is 70.1 Å². The Labute approximate surface area is 150 Å². The molecule has 6 nitrogen and oxygen atoms in total. The number of carbonyl (C=O) groups is 2. The number of nitrogens with zero attached hydrogens (tertiary/aromatic N) is 2. The van der Waals surface area contributed by atoms with Crippen LogP contribution < -0.4 is 0 Å². The van der Waals surface area contributed by atoms with Crippen LogP contribution in [0.2, 0.25) is 0 Å². The van der Waals surface area contributed by atoms with Crippen molar-refractivity contribution in [1.82, 2.24) is 9.80 Å². The first kappa shape index (κ1) is 18.5. The molecule has 1 N–H and O–H groups in total. The van der Waals surface area contributed by atoms with Crippen molar-refractivity contribution in [2.45, 2.75) is 70.5 Å². The third-order valence-electron chi connectivity index (χ3n) is 5.94. The van der Waals surface area contributed by atoms with E-state index in [1.54, 1.807) is 4.90 Å². The minimum Gasteiger partial charge on any atom is -0.444 e. The fourth-order valence-corrected chi connectivity index (χ4v) is 4.43. The third kappa shape index (κ3) is 4.10. The summed E-state index contributed by atoms with van der Waals surface area (Å²) < 4.78 is 5.47. The molecule has 2 saturated heterocycles. The van der Waals surface area contributed by atoms with Gasteiger partial charge in [-0.25, -0.2) is 4.79 Å². The molecule has 1 aliphatic carbocycles. The summed E-state index contributed by atoms with van der Waals surface area (Å²) >= 11 is 0. The molecule has 3 fully saturated rings. The standard InChI is InChI=1S/C19H32N2O4/c1-18(2,3)25-17(23)21-11-9-19(24)8-10-20(12-15(19)13-21)16(22)14-6-4-5-7-14/h14-15,24H,4-13H2,1-3H3/t15-,19+/m1/s1. The monoisotopic (exact) mass is 352 g/mol. The van der Waals surface area contributed by atoms with Gasteiger partial charge in [-0.3, -0.25) is 4.79 Å². The van der Waals surface area contributed by atoms with Gasteiger partial charge in [0.1, 0.15) is 5.60 Å². The van der Waals surface area contributed by atoms with Crippen LogP contribution in [0.15, 0.2) is 0 Å². The first-order valence-electron chi connectivity index (χ1n) is 9.67. The van der Waals surface area contributed by atoms with Crippen molar-refractivity contribution in [2.75, 3.05) is 26.2 Å². The molecule has 6 heteroatoms. The Hall–Kier alpha value is -1.30. The minimum atomic E-state index is -0.759. The summed E-state index contributed by atoms with van der Waals surface area (Å²) in [6, 6.07) is 0. The van der Waals surface area contributed by atoms with Crippen LogP contribution in [0.3, 0.4) is 0 Å². The Morgan fingerprint density at radius 2 is 1.60 bits per heavy atom. The largest absolute Gasteiger partial charge is 0.444 e. The predicted octanol–water partition coefficient (Wildman–Crippen LogP) is 2.40. The van der Waals surface area contributed by atoms with Crippen LogP contribution in [0.1, 0.15) is 59.3 Å². The van der Waals surface area contributed by atoms with E-state index in [4.69, 9.17) is 4.74 Å². The molecule has 0 aromatic carbocycles. The fraction of sp³-hybridized carbons (Fsp3) is 0.895. The molecule has 3 rings (SSSR count). The number of fused-ring (bicyclic) bond motifs is 1. The van der Waals surface area contributed by atoms with Crippen molar-refractivity contribution < 1.29 is 19.4 Å². The minimum absolute atomic E-state index is 0.0899. The zero-order chi connectivity index (χ0) is 18.2. The molecule has 0 aromatic heterocycles. The van der Waals surface area contributed by atoms with E-state index < -0.39 is 11.2 Å². The van der Waals surface area contributed by atoms with Crippen LogP contribution in [0, 0.1) is 11.8 Å². The van der Waals surface area contributed by atoms with Gasteiger partial charge in [-0.1, -0.05) is 12.8 Å². The van der Waals surface area contributed by atoms with E-state index in [2.05, 4.69) is 0 Å². The number of amides is 2. The number of carbonyl (C=O) groups excluding carboxylic acids is 2. The van der Waals surface area contributed by atoms with E-state index in [9.17, 15) is 14.7 Å². The summed E-state index contributed by atoms with van der Waals surface area (Å²) in [6.07, 6.45) is 5.12. The molecular weight excluding hydrogens is 320 g/mol. The zero-order valence-corrected chi connectivity index (χ0v) is 15.8. The predicted molar refractivity (Wildman–Crippen MR) is 94.0 cm³/mol. The quantitative estimate of drug-likeness (QED) is 0.787. The highest BCUT2D eigenvalue weighted by atomic mass is 16.6. The Balaban J connectivity index is 1.63. The number of ether oxygens (including phenoxy) is 1. The molecule has 3 aliphatic rings. The fourth-order valence-electron chi connectivity index (χ4n) is 4.43. The molecule has 2 atom stereocenters. The average Bonchev–Trinajstić information content (AvgIpc) is 3.05. The maximum Gasteiger partial charge on any atom is 0.410 e. The Morgan fingerprint density at radius 1 is 1.04 bits per heavy atom. The molecule has 1 saturated carbocycles. The highest BCUT2D eigenvalue weighted by molar-refractivity contribution is 5.79. The van der Waals surface area contributed by atoms with Crippen LogP contribution in [0.5, 0.6) is 0 Å². The molecule has 2 amide bonds. The molecule has 0 unspecified atom stereocenters. The van der Waals surface area contributed by atoms with Gasteiger partial charge in [-0.05, 0) is 46.5 Å². The molecule has 0 radical (unpaired) electrons.